The minimum atomic E-state index is -0.365. The van der Waals surface area contributed by atoms with Crippen LogP contribution in [0.5, 0.6) is 0 Å². The van der Waals surface area contributed by atoms with Crippen LogP contribution in [0.2, 0.25) is 0 Å². The summed E-state index contributed by atoms with van der Waals surface area (Å²) in [5.41, 5.74) is 1.95. The average molecular weight is 396 g/mol. The number of benzene rings is 1. The van der Waals surface area contributed by atoms with Crippen molar-refractivity contribution >= 4 is 23.0 Å². The fourth-order valence-corrected chi connectivity index (χ4v) is 5.02. The summed E-state index contributed by atoms with van der Waals surface area (Å²) < 4.78 is 0. The second kappa shape index (κ2) is 6.95. The Hall–Kier alpha value is -2.74. The van der Waals surface area contributed by atoms with E-state index >= 15 is 0 Å². The zero-order chi connectivity index (χ0) is 20.8. The summed E-state index contributed by atoms with van der Waals surface area (Å²) in [6.45, 7) is 9.30. The van der Waals surface area contributed by atoms with Gasteiger partial charge in [-0.25, -0.2) is 9.97 Å². The molecule has 0 spiro atoms. The van der Waals surface area contributed by atoms with Gasteiger partial charge in [0.25, 0.3) is 0 Å². The second-order valence-electron chi connectivity index (χ2n) is 9.32. The highest BCUT2D eigenvalue weighted by molar-refractivity contribution is 5.78. The van der Waals surface area contributed by atoms with Crippen molar-refractivity contribution < 1.29 is 4.92 Å². The SMILES string of the molecule is CC1(C)CC(Nc2ncnc(N3CCc4ccccc43)c2[N+](=O)[O-])CC(C)(C)N1. The average Bonchev–Trinajstić information content (AvgIpc) is 3.02. The minimum Gasteiger partial charge on any atom is -0.361 e. The van der Waals surface area contributed by atoms with Crippen LogP contribution >= 0.6 is 0 Å². The van der Waals surface area contributed by atoms with E-state index in [4.69, 9.17) is 0 Å². The van der Waals surface area contributed by atoms with E-state index in [-0.39, 0.29) is 27.7 Å². The summed E-state index contributed by atoms with van der Waals surface area (Å²) in [6.07, 6.45) is 3.96. The third kappa shape index (κ3) is 3.89. The van der Waals surface area contributed by atoms with E-state index in [1.54, 1.807) is 0 Å². The lowest BCUT2D eigenvalue weighted by Crippen LogP contribution is -2.60. The van der Waals surface area contributed by atoms with Crippen LogP contribution in [0.15, 0.2) is 30.6 Å². The molecule has 3 heterocycles. The van der Waals surface area contributed by atoms with Gasteiger partial charge >= 0.3 is 5.69 Å². The molecule has 2 aromatic rings. The number of hydrogen-bond donors (Lipinski definition) is 2. The van der Waals surface area contributed by atoms with E-state index in [0.29, 0.717) is 18.2 Å². The topological polar surface area (TPSA) is 96.2 Å². The van der Waals surface area contributed by atoms with Crippen LogP contribution in [0, 0.1) is 10.1 Å². The van der Waals surface area contributed by atoms with Crippen molar-refractivity contribution in [3.8, 4) is 0 Å². The lowest BCUT2D eigenvalue weighted by Gasteiger charge is -2.46. The van der Waals surface area contributed by atoms with Crippen LogP contribution in [0.1, 0.15) is 46.1 Å². The Morgan fingerprint density at radius 2 is 1.86 bits per heavy atom. The molecule has 1 aromatic heterocycles. The van der Waals surface area contributed by atoms with Crippen molar-refractivity contribution in [2.75, 3.05) is 16.8 Å². The molecule has 8 nitrogen and oxygen atoms in total. The molecule has 1 aromatic carbocycles. The Morgan fingerprint density at radius 1 is 1.17 bits per heavy atom. The van der Waals surface area contributed by atoms with Gasteiger partial charge in [-0.15, -0.1) is 0 Å². The second-order valence-corrected chi connectivity index (χ2v) is 9.32. The first-order valence-electron chi connectivity index (χ1n) is 10.1. The van der Waals surface area contributed by atoms with Crippen molar-refractivity contribution in [1.29, 1.82) is 0 Å². The van der Waals surface area contributed by atoms with Crippen LogP contribution in [0.3, 0.4) is 0 Å². The molecular weight excluding hydrogens is 368 g/mol. The standard InChI is InChI=1S/C21H28N6O2/c1-20(2)11-15(12-21(3,4)25-20)24-18-17(27(28)29)19(23-13-22-18)26-10-9-14-7-5-6-8-16(14)26/h5-8,13,15,25H,9-12H2,1-4H3,(H,22,23,24). The van der Waals surface area contributed by atoms with Gasteiger partial charge in [-0.05, 0) is 58.6 Å². The number of rotatable bonds is 4. The summed E-state index contributed by atoms with van der Waals surface area (Å²) in [5, 5.41) is 19.1. The molecule has 0 aliphatic carbocycles. The first-order valence-corrected chi connectivity index (χ1v) is 10.1. The highest BCUT2D eigenvalue weighted by atomic mass is 16.6. The maximum Gasteiger partial charge on any atom is 0.353 e. The number of piperidine rings is 1. The molecule has 29 heavy (non-hydrogen) atoms. The zero-order valence-electron chi connectivity index (χ0n) is 17.4. The van der Waals surface area contributed by atoms with Gasteiger partial charge in [-0.1, -0.05) is 18.2 Å². The van der Waals surface area contributed by atoms with Gasteiger partial charge < -0.3 is 15.5 Å². The Morgan fingerprint density at radius 3 is 2.55 bits per heavy atom. The third-order valence-electron chi connectivity index (χ3n) is 5.66. The molecule has 0 radical (unpaired) electrons. The maximum absolute atomic E-state index is 12.1. The largest absolute Gasteiger partial charge is 0.361 e. The number of nitro groups is 1. The van der Waals surface area contributed by atoms with Crippen LogP contribution in [-0.2, 0) is 6.42 Å². The Balaban J connectivity index is 1.69. The van der Waals surface area contributed by atoms with E-state index in [1.165, 1.54) is 11.9 Å². The summed E-state index contributed by atoms with van der Waals surface area (Å²) in [4.78, 5) is 22.2. The predicted octanol–water partition coefficient (Wildman–Crippen LogP) is 3.80. The molecule has 8 heteroatoms. The lowest BCUT2D eigenvalue weighted by molar-refractivity contribution is -0.383. The summed E-state index contributed by atoms with van der Waals surface area (Å²) in [6, 6.07) is 8.06. The minimum absolute atomic E-state index is 0.0571. The van der Waals surface area contributed by atoms with Crippen molar-refractivity contribution in [2.24, 2.45) is 0 Å². The Bertz CT molecular complexity index is 927. The van der Waals surface area contributed by atoms with Gasteiger partial charge in [-0.2, -0.15) is 0 Å². The number of nitrogens with zero attached hydrogens (tertiary/aromatic N) is 4. The Kier molecular flexibility index (Phi) is 4.69. The Labute approximate surface area is 170 Å². The molecule has 2 N–H and O–H groups in total. The van der Waals surface area contributed by atoms with Gasteiger partial charge in [0.1, 0.15) is 6.33 Å². The number of nitrogens with one attached hydrogen (secondary N) is 2. The predicted molar refractivity (Wildman–Crippen MR) is 114 cm³/mol. The van der Waals surface area contributed by atoms with Gasteiger partial charge in [0.15, 0.2) is 0 Å². The van der Waals surface area contributed by atoms with E-state index < -0.39 is 0 Å². The zero-order valence-corrected chi connectivity index (χ0v) is 17.4. The lowest BCUT2D eigenvalue weighted by atomic mass is 9.79. The van der Waals surface area contributed by atoms with Crippen molar-refractivity contribution in [3.05, 3.63) is 46.3 Å². The maximum atomic E-state index is 12.1. The molecule has 154 valence electrons. The normalized spacial score (nSPS) is 20.3. The van der Waals surface area contributed by atoms with Crippen molar-refractivity contribution in [1.82, 2.24) is 15.3 Å². The molecule has 0 atom stereocenters. The molecule has 0 amide bonds. The van der Waals surface area contributed by atoms with E-state index in [9.17, 15) is 10.1 Å². The first-order chi connectivity index (χ1) is 13.7. The van der Waals surface area contributed by atoms with Crippen LogP contribution in [0.4, 0.5) is 23.0 Å². The molecule has 2 aliphatic rings. The van der Waals surface area contributed by atoms with Crippen LogP contribution in [-0.4, -0.2) is 38.6 Å². The van der Waals surface area contributed by atoms with Crippen molar-refractivity contribution in [3.63, 3.8) is 0 Å². The van der Waals surface area contributed by atoms with Crippen LogP contribution in [0.25, 0.3) is 0 Å². The molecule has 2 aliphatic heterocycles. The van der Waals surface area contributed by atoms with Gasteiger partial charge in [0.05, 0.1) is 4.92 Å². The molecular formula is C21H28N6O2. The molecule has 0 bridgehead atoms. The van der Waals surface area contributed by atoms with Crippen LogP contribution < -0.4 is 15.5 Å². The molecule has 1 saturated heterocycles. The van der Waals surface area contributed by atoms with Gasteiger partial charge in [-0.3, -0.25) is 10.1 Å². The monoisotopic (exact) mass is 396 g/mol. The fraction of sp³-hybridized carbons (Fsp3) is 0.524. The van der Waals surface area contributed by atoms with Gasteiger partial charge in [0.2, 0.25) is 11.6 Å². The highest BCUT2D eigenvalue weighted by Gasteiger charge is 2.39. The number of anilines is 3. The fourth-order valence-electron chi connectivity index (χ4n) is 5.02. The quantitative estimate of drug-likeness (QED) is 0.599. The molecule has 4 rings (SSSR count). The first kappa shape index (κ1) is 19.6. The molecule has 0 unspecified atom stereocenters. The van der Waals surface area contributed by atoms with E-state index in [1.807, 2.05) is 23.1 Å². The summed E-state index contributed by atoms with van der Waals surface area (Å²) in [5.74, 6) is 0.646. The van der Waals surface area contributed by atoms with Crippen molar-refractivity contribution in [2.45, 2.75) is 64.1 Å². The molecule has 1 fully saturated rings. The summed E-state index contributed by atoms with van der Waals surface area (Å²) in [7, 11) is 0. The van der Waals surface area contributed by atoms with Gasteiger partial charge in [0, 0.05) is 29.4 Å². The number of aromatic nitrogens is 2. The number of hydrogen-bond acceptors (Lipinski definition) is 7. The summed E-state index contributed by atoms with van der Waals surface area (Å²) >= 11 is 0. The smallest absolute Gasteiger partial charge is 0.353 e. The van der Waals surface area contributed by atoms with E-state index in [0.717, 1.165) is 24.9 Å². The highest BCUT2D eigenvalue weighted by Crippen LogP contribution is 2.41. The molecule has 0 saturated carbocycles. The van der Waals surface area contributed by atoms with E-state index in [2.05, 4.69) is 54.4 Å². The number of fused-ring (bicyclic) bond motifs is 1. The number of para-hydroxylation sites is 1. The third-order valence-corrected chi connectivity index (χ3v) is 5.66.